The topological polar surface area (TPSA) is 85.6 Å². The third-order valence-electron chi connectivity index (χ3n) is 8.70. The van der Waals surface area contributed by atoms with Crippen LogP contribution in [-0.2, 0) is 28.9 Å². The average Bonchev–Trinajstić information content (AvgIpc) is 3.06. The second-order valence-corrected chi connectivity index (χ2v) is 11.8. The van der Waals surface area contributed by atoms with E-state index in [9.17, 15) is 9.59 Å². The Kier molecular flexibility index (Phi) is 10.4. The summed E-state index contributed by atoms with van der Waals surface area (Å²) in [6.45, 7) is 8.51. The predicted molar refractivity (Wildman–Crippen MR) is 181 cm³/mol. The molecule has 1 aromatic heterocycles. The molecule has 0 saturated heterocycles. The van der Waals surface area contributed by atoms with Gasteiger partial charge >= 0.3 is 6.47 Å². The average molecular weight is 603 g/mol. The van der Waals surface area contributed by atoms with Gasteiger partial charge in [0.25, 0.3) is 5.56 Å². The molecule has 0 spiro atoms. The van der Waals surface area contributed by atoms with E-state index in [1.54, 1.807) is 11.6 Å². The normalized spacial score (nSPS) is 13.9. The fraction of sp³-hybridized carbons (Fsp3) is 0.316. The van der Waals surface area contributed by atoms with Gasteiger partial charge in [-0.3, -0.25) is 19.1 Å². The minimum absolute atomic E-state index is 0.0102. The molecule has 3 aromatic carbocycles. The van der Waals surface area contributed by atoms with E-state index in [1.807, 2.05) is 43.3 Å². The smallest absolute Gasteiger partial charge is 0.320 e. The highest BCUT2D eigenvalue weighted by Crippen LogP contribution is 2.30. The van der Waals surface area contributed by atoms with Gasteiger partial charge in [0.1, 0.15) is 5.82 Å². The van der Waals surface area contributed by atoms with Crippen LogP contribution in [0, 0.1) is 12.8 Å². The lowest BCUT2D eigenvalue weighted by Gasteiger charge is -2.23. The van der Waals surface area contributed by atoms with E-state index in [0.717, 1.165) is 71.3 Å². The second-order valence-electron chi connectivity index (χ2n) is 11.8. The standard InChI is InChI=1S/C38H42N4O3/c1-5-8-36-35(24-30-15-19-31(20-16-30)33-9-6-7-10-34(33)37(39-4)41-45-25-43)38(44)42(27(3)40-36)32-21-17-29(18-22-32)23-28-13-11-26(2)12-14-28/h6-7,9-10,15-22,25,28H,2,5,8,11-14,23-24H2,1,3-4H3,(H,39,41). The van der Waals surface area contributed by atoms with Gasteiger partial charge in [0.2, 0.25) is 0 Å². The van der Waals surface area contributed by atoms with Crippen LogP contribution < -0.4 is 11.0 Å². The van der Waals surface area contributed by atoms with Crippen LogP contribution in [0.25, 0.3) is 16.8 Å². The number of benzene rings is 3. The van der Waals surface area contributed by atoms with Gasteiger partial charge in [0, 0.05) is 24.6 Å². The van der Waals surface area contributed by atoms with E-state index >= 15 is 0 Å². The van der Waals surface area contributed by atoms with Crippen LogP contribution in [0.3, 0.4) is 0 Å². The van der Waals surface area contributed by atoms with E-state index < -0.39 is 0 Å². The highest BCUT2D eigenvalue weighted by molar-refractivity contribution is 6.04. The van der Waals surface area contributed by atoms with Crippen LogP contribution in [-0.4, -0.2) is 28.9 Å². The number of carbonyl (C=O) groups excluding carboxylic acids is 1. The van der Waals surface area contributed by atoms with Crippen molar-refractivity contribution in [2.45, 2.75) is 65.2 Å². The number of hydrogen-bond donors (Lipinski definition) is 1. The Morgan fingerprint density at radius 3 is 2.40 bits per heavy atom. The highest BCUT2D eigenvalue weighted by atomic mass is 16.7. The molecule has 0 radical (unpaired) electrons. The van der Waals surface area contributed by atoms with Gasteiger partial charge in [-0.1, -0.05) is 86.2 Å². The number of nitrogens with zero attached hydrogens (tertiary/aromatic N) is 3. The van der Waals surface area contributed by atoms with Crippen molar-refractivity contribution in [3.8, 4) is 16.8 Å². The summed E-state index contributed by atoms with van der Waals surface area (Å²) in [4.78, 5) is 38.8. The van der Waals surface area contributed by atoms with E-state index in [4.69, 9.17) is 9.82 Å². The number of carbonyl (C=O) groups is 1. The van der Waals surface area contributed by atoms with Gasteiger partial charge in [0.15, 0.2) is 5.84 Å². The summed E-state index contributed by atoms with van der Waals surface area (Å²) in [7, 11) is 1.64. The number of rotatable bonds is 11. The molecule has 7 heteroatoms. The fourth-order valence-electron chi connectivity index (χ4n) is 6.30. The second kappa shape index (κ2) is 14.8. The first-order valence-electron chi connectivity index (χ1n) is 15.8. The van der Waals surface area contributed by atoms with Gasteiger partial charge in [-0.15, -0.1) is 0 Å². The van der Waals surface area contributed by atoms with Crippen molar-refractivity contribution in [1.29, 1.82) is 0 Å². The molecule has 7 nitrogen and oxygen atoms in total. The van der Waals surface area contributed by atoms with Crippen LogP contribution in [0.4, 0.5) is 0 Å². The third kappa shape index (κ3) is 7.48. The Bertz CT molecular complexity index is 1730. The summed E-state index contributed by atoms with van der Waals surface area (Å²) in [5, 5.41) is 0. The Morgan fingerprint density at radius 2 is 1.73 bits per heavy atom. The highest BCUT2D eigenvalue weighted by Gasteiger charge is 2.19. The zero-order chi connectivity index (χ0) is 31.8. The van der Waals surface area contributed by atoms with Crippen LogP contribution in [0.15, 0.2) is 94.7 Å². The minimum Gasteiger partial charge on any atom is -0.345 e. The molecule has 232 valence electrons. The Morgan fingerprint density at radius 1 is 1.04 bits per heavy atom. The molecule has 1 saturated carbocycles. The number of hydroxylamine groups is 1. The fourth-order valence-corrected chi connectivity index (χ4v) is 6.30. The van der Waals surface area contributed by atoms with Crippen LogP contribution in [0.2, 0.25) is 0 Å². The molecule has 0 aliphatic heterocycles. The van der Waals surface area contributed by atoms with Crippen molar-refractivity contribution in [1.82, 2.24) is 15.0 Å². The Balaban J connectivity index is 1.41. The zero-order valence-corrected chi connectivity index (χ0v) is 26.5. The lowest BCUT2D eigenvalue weighted by molar-refractivity contribution is -0.132. The molecule has 0 unspecified atom stereocenters. The molecular weight excluding hydrogens is 560 g/mol. The van der Waals surface area contributed by atoms with Crippen molar-refractivity contribution in [2.75, 3.05) is 7.05 Å². The quantitative estimate of drug-likeness (QED) is 0.0651. The molecule has 4 aromatic rings. The molecular formula is C38H42N4O3. The van der Waals surface area contributed by atoms with Gasteiger partial charge in [-0.25, -0.2) is 10.5 Å². The van der Waals surface area contributed by atoms with E-state index in [2.05, 4.69) is 60.4 Å². The number of aromatic nitrogens is 2. The summed E-state index contributed by atoms with van der Waals surface area (Å²) in [5.41, 5.74) is 11.5. The maximum atomic E-state index is 14.1. The van der Waals surface area contributed by atoms with Gasteiger partial charge in [0.05, 0.1) is 11.4 Å². The number of nitrogens with one attached hydrogen (secondary N) is 1. The molecule has 1 aliphatic carbocycles. The van der Waals surface area contributed by atoms with E-state index in [0.29, 0.717) is 30.5 Å². The van der Waals surface area contributed by atoms with Crippen LogP contribution in [0.1, 0.15) is 72.8 Å². The van der Waals surface area contributed by atoms with Gasteiger partial charge in [-0.2, -0.15) is 0 Å². The van der Waals surface area contributed by atoms with Gasteiger partial charge < -0.3 is 4.84 Å². The summed E-state index contributed by atoms with van der Waals surface area (Å²) in [5.74, 6) is 1.85. The number of aliphatic imine (C=N–C) groups is 1. The molecule has 1 heterocycles. The SMILES string of the molecule is C=C1CCC(Cc2ccc(-n3c(C)nc(CCC)c(Cc4ccc(-c5ccccc5C(=NC)NOC=O)cc4)c3=O)cc2)CC1. The van der Waals surface area contributed by atoms with Crippen LogP contribution >= 0.6 is 0 Å². The molecule has 45 heavy (non-hydrogen) atoms. The molecule has 5 rings (SSSR count). The minimum atomic E-state index is -0.0102. The lowest BCUT2D eigenvalue weighted by Crippen LogP contribution is -2.28. The first-order valence-corrected chi connectivity index (χ1v) is 15.8. The first kappa shape index (κ1) is 31.6. The molecule has 1 aliphatic rings. The number of amidine groups is 1. The Hall–Kier alpha value is -4.78. The number of hydrogen-bond acceptors (Lipinski definition) is 5. The summed E-state index contributed by atoms with van der Waals surface area (Å²) >= 11 is 0. The largest absolute Gasteiger partial charge is 0.345 e. The van der Waals surface area contributed by atoms with Gasteiger partial charge in [-0.05, 0) is 85.8 Å². The van der Waals surface area contributed by atoms with Crippen molar-refractivity contribution in [3.63, 3.8) is 0 Å². The summed E-state index contributed by atoms with van der Waals surface area (Å²) in [6.07, 6.45) is 7.90. The monoisotopic (exact) mass is 602 g/mol. The first-order chi connectivity index (χ1) is 21.9. The van der Waals surface area contributed by atoms with Crippen molar-refractivity contribution >= 4 is 12.3 Å². The molecule has 1 fully saturated rings. The van der Waals surface area contributed by atoms with E-state index in [-0.39, 0.29) is 5.56 Å². The van der Waals surface area contributed by atoms with Crippen molar-refractivity contribution in [3.05, 3.63) is 129 Å². The maximum Gasteiger partial charge on any atom is 0.320 e. The Labute approximate surface area is 265 Å². The lowest BCUT2D eigenvalue weighted by atomic mass is 9.83. The summed E-state index contributed by atoms with van der Waals surface area (Å²) in [6, 6.07) is 24.4. The summed E-state index contributed by atoms with van der Waals surface area (Å²) < 4.78 is 1.76. The number of aryl methyl sites for hydroxylation is 2. The maximum absolute atomic E-state index is 14.1. The molecule has 0 bridgehead atoms. The van der Waals surface area contributed by atoms with Crippen molar-refractivity contribution in [2.24, 2.45) is 10.9 Å². The molecule has 0 amide bonds. The van der Waals surface area contributed by atoms with Crippen LogP contribution in [0.5, 0.6) is 0 Å². The third-order valence-corrected chi connectivity index (χ3v) is 8.70. The zero-order valence-electron chi connectivity index (χ0n) is 26.5. The van der Waals surface area contributed by atoms with E-state index in [1.165, 1.54) is 24.0 Å². The van der Waals surface area contributed by atoms with Crippen molar-refractivity contribution < 1.29 is 9.63 Å². The molecule has 0 atom stereocenters. The molecule has 1 N–H and O–H groups in total. The number of allylic oxidation sites excluding steroid dienone is 1. The predicted octanol–water partition coefficient (Wildman–Crippen LogP) is 7.09.